The van der Waals surface area contributed by atoms with Crippen LogP contribution in [0.5, 0.6) is 11.5 Å². The van der Waals surface area contributed by atoms with Crippen molar-refractivity contribution in [3.8, 4) is 11.5 Å². The zero-order valence-electron chi connectivity index (χ0n) is 18.9. The van der Waals surface area contributed by atoms with Gasteiger partial charge in [0.15, 0.2) is 11.5 Å². The van der Waals surface area contributed by atoms with Crippen LogP contribution in [0.2, 0.25) is 0 Å². The molecule has 1 N–H and O–H groups in total. The number of anilines is 1. The number of nitrogens with zero attached hydrogens (tertiary/aromatic N) is 2. The highest BCUT2D eigenvalue weighted by atomic mass is 16.7. The minimum Gasteiger partial charge on any atom is -0.454 e. The molecule has 0 spiro atoms. The number of nitrogens with one attached hydrogen (secondary N) is 1. The van der Waals surface area contributed by atoms with E-state index in [0.717, 1.165) is 48.8 Å². The quantitative estimate of drug-likeness (QED) is 0.624. The van der Waals surface area contributed by atoms with Crippen molar-refractivity contribution in [2.45, 2.75) is 13.0 Å². The monoisotopic (exact) mass is 443 g/mol. The third-order valence-corrected chi connectivity index (χ3v) is 6.43. The summed E-state index contributed by atoms with van der Waals surface area (Å²) in [5.41, 5.74) is 4.20. The maximum atomic E-state index is 12.8. The number of benzene rings is 3. The second-order valence-electron chi connectivity index (χ2n) is 8.56. The van der Waals surface area contributed by atoms with Crippen molar-refractivity contribution in [1.29, 1.82) is 0 Å². The Morgan fingerprint density at radius 3 is 2.39 bits per heavy atom. The number of fused-ring (bicyclic) bond motifs is 1. The molecule has 170 valence electrons. The predicted molar refractivity (Wildman–Crippen MR) is 129 cm³/mol. The zero-order valence-corrected chi connectivity index (χ0v) is 18.9. The molecule has 1 saturated heterocycles. The Hall–Kier alpha value is -3.51. The molecule has 0 bridgehead atoms. The van der Waals surface area contributed by atoms with E-state index < -0.39 is 0 Å². The first-order valence-electron chi connectivity index (χ1n) is 11.5. The summed E-state index contributed by atoms with van der Waals surface area (Å²) in [6.45, 7) is 6.50. The van der Waals surface area contributed by atoms with Crippen molar-refractivity contribution in [1.82, 2.24) is 10.2 Å². The van der Waals surface area contributed by atoms with Gasteiger partial charge in [0, 0.05) is 44.0 Å². The molecule has 6 nitrogen and oxygen atoms in total. The Morgan fingerprint density at radius 1 is 0.909 bits per heavy atom. The molecule has 33 heavy (non-hydrogen) atoms. The SMILES string of the molecule is Cc1ccc(C(=O)NC[C@@H](c2ccc3c(c2)OCO3)N2CCN(c3ccccc3)CC2)cc1. The Labute approximate surface area is 194 Å². The number of amides is 1. The smallest absolute Gasteiger partial charge is 0.251 e. The Balaban J connectivity index is 1.32. The van der Waals surface area contributed by atoms with Gasteiger partial charge in [-0.25, -0.2) is 0 Å². The van der Waals surface area contributed by atoms with Gasteiger partial charge in [-0.15, -0.1) is 0 Å². The van der Waals surface area contributed by atoms with Crippen LogP contribution in [-0.4, -0.2) is 50.3 Å². The summed E-state index contributed by atoms with van der Waals surface area (Å²) in [5.74, 6) is 1.49. The van der Waals surface area contributed by atoms with Crippen LogP contribution in [-0.2, 0) is 0 Å². The van der Waals surface area contributed by atoms with Crippen LogP contribution in [0.3, 0.4) is 0 Å². The van der Waals surface area contributed by atoms with E-state index in [-0.39, 0.29) is 18.7 Å². The standard InChI is InChI=1S/C27H29N3O3/c1-20-7-9-21(10-8-20)27(31)28-18-24(22-11-12-25-26(17-22)33-19-32-25)30-15-13-29(14-16-30)23-5-3-2-4-6-23/h2-12,17,24H,13-16,18-19H2,1H3,(H,28,31)/t24-/m0/s1. The largest absolute Gasteiger partial charge is 0.454 e. The molecule has 0 aliphatic carbocycles. The van der Waals surface area contributed by atoms with Crippen LogP contribution >= 0.6 is 0 Å². The van der Waals surface area contributed by atoms with E-state index in [9.17, 15) is 4.79 Å². The number of para-hydroxylation sites is 1. The van der Waals surface area contributed by atoms with Crippen LogP contribution in [0.15, 0.2) is 72.8 Å². The maximum Gasteiger partial charge on any atom is 0.251 e. The molecule has 1 atom stereocenters. The van der Waals surface area contributed by atoms with Crippen molar-refractivity contribution < 1.29 is 14.3 Å². The second kappa shape index (κ2) is 9.55. The van der Waals surface area contributed by atoms with Gasteiger partial charge in [0.1, 0.15) is 0 Å². The van der Waals surface area contributed by atoms with Gasteiger partial charge in [-0.3, -0.25) is 9.69 Å². The minimum absolute atomic E-state index is 0.0480. The first-order valence-corrected chi connectivity index (χ1v) is 11.5. The number of carbonyl (C=O) groups excluding carboxylic acids is 1. The summed E-state index contributed by atoms with van der Waals surface area (Å²) >= 11 is 0. The van der Waals surface area contributed by atoms with Crippen LogP contribution in [0, 0.1) is 6.92 Å². The van der Waals surface area contributed by atoms with E-state index in [4.69, 9.17) is 9.47 Å². The molecule has 6 heteroatoms. The molecule has 2 aliphatic rings. The molecule has 1 fully saturated rings. The van der Waals surface area contributed by atoms with Crippen molar-refractivity contribution >= 4 is 11.6 Å². The van der Waals surface area contributed by atoms with E-state index in [0.29, 0.717) is 12.1 Å². The summed E-state index contributed by atoms with van der Waals surface area (Å²) in [7, 11) is 0. The molecular formula is C27H29N3O3. The second-order valence-corrected chi connectivity index (χ2v) is 8.56. The Kier molecular flexibility index (Phi) is 6.17. The lowest BCUT2D eigenvalue weighted by atomic mass is 10.0. The Morgan fingerprint density at radius 2 is 1.64 bits per heavy atom. The number of rotatable bonds is 6. The van der Waals surface area contributed by atoms with Gasteiger partial charge in [0.25, 0.3) is 5.91 Å². The highest BCUT2D eigenvalue weighted by molar-refractivity contribution is 5.94. The Bertz CT molecular complexity index is 1090. The number of piperazine rings is 1. The van der Waals surface area contributed by atoms with Crippen molar-refractivity contribution in [2.75, 3.05) is 44.4 Å². The molecule has 0 saturated carbocycles. The average Bonchev–Trinajstić information content (AvgIpc) is 3.33. The van der Waals surface area contributed by atoms with Crippen LogP contribution in [0.1, 0.15) is 27.5 Å². The van der Waals surface area contributed by atoms with Gasteiger partial charge < -0.3 is 19.7 Å². The fraction of sp³-hybridized carbons (Fsp3) is 0.296. The number of ether oxygens (including phenoxy) is 2. The lowest BCUT2D eigenvalue weighted by molar-refractivity contribution is 0.0930. The number of carbonyl (C=O) groups is 1. The molecule has 0 aromatic heterocycles. The van der Waals surface area contributed by atoms with E-state index in [1.165, 1.54) is 5.69 Å². The van der Waals surface area contributed by atoms with E-state index in [1.54, 1.807) is 0 Å². The molecule has 2 aliphatic heterocycles. The van der Waals surface area contributed by atoms with E-state index in [2.05, 4.69) is 51.5 Å². The number of hydrogen-bond acceptors (Lipinski definition) is 5. The van der Waals surface area contributed by atoms with Gasteiger partial charge >= 0.3 is 0 Å². The molecule has 0 radical (unpaired) electrons. The summed E-state index contributed by atoms with van der Waals surface area (Å²) in [5, 5.41) is 3.16. The first kappa shape index (κ1) is 21.3. The zero-order chi connectivity index (χ0) is 22.6. The predicted octanol–water partition coefficient (Wildman–Crippen LogP) is 4.02. The van der Waals surface area contributed by atoms with Crippen LogP contribution < -0.4 is 19.7 Å². The van der Waals surface area contributed by atoms with Crippen molar-refractivity contribution in [3.05, 3.63) is 89.5 Å². The van der Waals surface area contributed by atoms with Gasteiger partial charge in [0.05, 0.1) is 6.04 Å². The topological polar surface area (TPSA) is 54.0 Å². The summed E-state index contributed by atoms with van der Waals surface area (Å²) in [4.78, 5) is 17.7. The van der Waals surface area contributed by atoms with Gasteiger partial charge in [-0.1, -0.05) is 42.0 Å². The van der Waals surface area contributed by atoms with E-state index >= 15 is 0 Å². The maximum absolute atomic E-state index is 12.8. The molecule has 2 heterocycles. The third kappa shape index (κ3) is 4.81. The lowest BCUT2D eigenvalue weighted by Crippen LogP contribution is -2.50. The van der Waals surface area contributed by atoms with Crippen LogP contribution in [0.25, 0.3) is 0 Å². The molecular weight excluding hydrogens is 414 g/mol. The van der Waals surface area contributed by atoms with Gasteiger partial charge in [0.2, 0.25) is 6.79 Å². The fourth-order valence-corrected chi connectivity index (χ4v) is 4.51. The first-order chi connectivity index (χ1) is 16.2. The summed E-state index contributed by atoms with van der Waals surface area (Å²) in [6, 6.07) is 24.4. The van der Waals surface area contributed by atoms with Crippen LogP contribution in [0.4, 0.5) is 5.69 Å². The number of aryl methyl sites for hydroxylation is 1. The van der Waals surface area contributed by atoms with Gasteiger partial charge in [-0.2, -0.15) is 0 Å². The average molecular weight is 444 g/mol. The molecule has 0 unspecified atom stereocenters. The minimum atomic E-state index is -0.0522. The third-order valence-electron chi connectivity index (χ3n) is 6.43. The van der Waals surface area contributed by atoms with E-state index in [1.807, 2.05) is 43.3 Å². The van der Waals surface area contributed by atoms with Gasteiger partial charge in [-0.05, 0) is 48.9 Å². The highest BCUT2D eigenvalue weighted by Gasteiger charge is 2.27. The molecule has 1 amide bonds. The highest BCUT2D eigenvalue weighted by Crippen LogP contribution is 2.35. The number of hydrogen-bond donors (Lipinski definition) is 1. The van der Waals surface area contributed by atoms with Crippen molar-refractivity contribution in [3.63, 3.8) is 0 Å². The lowest BCUT2D eigenvalue weighted by Gasteiger charge is -2.40. The molecule has 5 rings (SSSR count). The fourth-order valence-electron chi connectivity index (χ4n) is 4.51. The summed E-state index contributed by atoms with van der Waals surface area (Å²) < 4.78 is 11.1. The normalized spacial score (nSPS) is 16.5. The molecule has 3 aromatic rings. The molecule has 3 aromatic carbocycles. The van der Waals surface area contributed by atoms with Crippen molar-refractivity contribution in [2.24, 2.45) is 0 Å². The summed E-state index contributed by atoms with van der Waals surface area (Å²) in [6.07, 6.45) is 0.